The van der Waals surface area contributed by atoms with E-state index in [1.54, 1.807) is 42.5 Å². The number of aliphatic hydroxyl groups excluding tert-OH is 1. The van der Waals surface area contributed by atoms with Gasteiger partial charge in [0.15, 0.2) is 13.1 Å². The number of methoxy groups -OCH3 is 1. The number of aliphatic hydroxyl groups is 1. The van der Waals surface area contributed by atoms with Crippen LogP contribution in [0.15, 0.2) is 73.1 Å². The van der Waals surface area contributed by atoms with Gasteiger partial charge in [-0.05, 0) is 73.3 Å². The zero-order chi connectivity index (χ0) is 45.0. The second kappa shape index (κ2) is 29.9. The lowest BCUT2D eigenvalue weighted by Crippen LogP contribution is -2.40. The smallest absolute Gasteiger partial charge is 0.415 e. The van der Waals surface area contributed by atoms with E-state index in [1.807, 2.05) is 68.9 Å². The molecule has 3 heterocycles. The molecule has 2 aromatic heterocycles. The molecular formula is C45H63ClN6O9. The molecule has 1 amide bonds. The molecule has 0 aliphatic carbocycles. The number of alkyl halides is 1. The van der Waals surface area contributed by atoms with E-state index in [-0.39, 0.29) is 19.5 Å². The maximum absolute atomic E-state index is 13.1. The number of aldehydes is 2. The molecule has 3 aromatic carbocycles. The number of hydrogen-bond acceptors (Lipinski definition) is 13. The molecule has 0 unspecified atom stereocenters. The van der Waals surface area contributed by atoms with Crippen LogP contribution in [-0.2, 0) is 20.6 Å². The fraction of sp³-hybridized carbons (Fsp3) is 0.422. The van der Waals surface area contributed by atoms with Crippen LogP contribution in [0.25, 0.3) is 16.4 Å². The molecule has 1 aliphatic rings. The summed E-state index contributed by atoms with van der Waals surface area (Å²) in [6.07, 6.45) is 7.20. The summed E-state index contributed by atoms with van der Waals surface area (Å²) < 4.78 is 28.3. The summed E-state index contributed by atoms with van der Waals surface area (Å²) in [6, 6.07) is 18.7. The van der Waals surface area contributed by atoms with Crippen molar-refractivity contribution in [3.05, 3.63) is 95.4 Å². The maximum atomic E-state index is 13.1. The van der Waals surface area contributed by atoms with Crippen LogP contribution in [0.5, 0.6) is 11.5 Å². The lowest BCUT2D eigenvalue weighted by atomic mass is 9.97. The molecule has 334 valence electrons. The van der Waals surface area contributed by atoms with E-state index in [9.17, 15) is 14.4 Å². The Balaban J connectivity index is 0.000000360. The van der Waals surface area contributed by atoms with Gasteiger partial charge in [-0.2, -0.15) is 0 Å². The Morgan fingerprint density at radius 3 is 2.31 bits per heavy atom. The first-order chi connectivity index (χ1) is 29.8. The molecule has 5 aromatic rings. The van der Waals surface area contributed by atoms with Crippen molar-refractivity contribution in [3.63, 3.8) is 0 Å². The number of ether oxygens (including phenoxy) is 5. The van der Waals surface area contributed by atoms with Crippen molar-refractivity contribution in [2.75, 3.05) is 111 Å². The molecule has 3 N–H and O–H groups in total. The van der Waals surface area contributed by atoms with Crippen LogP contribution in [0.2, 0.25) is 0 Å². The SMILES string of the molecule is CC.CCl.CNCCN(CCOCCOCCO)C(=O)Oc1cc2c(c3c(C)cccc13)CCN2C.CNc1ccc2nc(C=O)cn2c1.COCOc1ccc(C=O)cc1. The number of anilines is 2. The molecule has 0 radical (unpaired) electrons. The number of nitrogens with one attached hydrogen (secondary N) is 2. The van der Waals surface area contributed by atoms with Gasteiger partial charge in [0.1, 0.15) is 29.1 Å². The van der Waals surface area contributed by atoms with Crippen LogP contribution in [0, 0.1) is 6.92 Å². The number of imidazole rings is 1. The molecule has 15 nitrogen and oxygen atoms in total. The predicted molar refractivity (Wildman–Crippen MR) is 243 cm³/mol. The van der Waals surface area contributed by atoms with Gasteiger partial charge in [0.25, 0.3) is 0 Å². The Morgan fingerprint density at radius 1 is 0.951 bits per heavy atom. The Hall–Kier alpha value is -5.29. The van der Waals surface area contributed by atoms with Crippen molar-refractivity contribution in [1.29, 1.82) is 0 Å². The van der Waals surface area contributed by atoms with E-state index in [0.29, 0.717) is 68.8 Å². The Bertz CT molecular complexity index is 2030. The number of amides is 1. The summed E-state index contributed by atoms with van der Waals surface area (Å²) in [4.78, 5) is 41.7. The van der Waals surface area contributed by atoms with Gasteiger partial charge in [-0.25, -0.2) is 9.78 Å². The fourth-order valence-corrected chi connectivity index (χ4v) is 6.02. The van der Waals surface area contributed by atoms with Gasteiger partial charge in [0.2, 0.25) is 0 Å². The molecule has 0 bridgehead atoms. The summed E-state index contributed by atoms with van der Waals surface area (Å²) in [7, 11) is 7.33. The minimum absolute atomic E-state index is 0.00364. The quantitative estimate of drug-likeness (QED) is 0.0368. The highest BCUT2D eigenvalue weighted by Crippen LogP contribution is 2.41. The molecule has 0 fully saturated rings. The van der Waals surface area contributed by atoms with E-state index in [2.05, 4.69) is 52.2 Å². The monoisotopic (exact) mass is 866 g/mol. The number of rotatable bonds is 18. The van der Waals surface area contributed by atoms with Crippen LogP contribution in [-0.4, -0.2) is 139 Å². The largest absolute Gasteiger partial charge is 0.468 e. The zero-order valence-corrected chi connectivity index (χ0v) is 37.5. The van der Waals surface area contributed by atoms with E-state index < -0.39 is 0 Å². The van der Waals surface area contributed by atoms with Crippen molar-refractivity contribution < 1.29 is 43.2 Å². The Labute approximate surface area is 364 Å². The number of benzene rings is 3. The highest BCUT2D eigenvalue weighted by molar-refractivity contribution is 6.15. The van der Waals surface area contributed by atoms with Gasteiger partial charge in [0, 0.05) is 88.9 Å². The topological polar surface area (TPSA) is 165 Å². The lowest BCUT2D eigenvalue weighted by molar-refractivity contribution is 0.0274. The number of aryl methyl sites for hydroxylation is 1. The van der Waals surface area contributed by atoms with Gasteiger partial charge in [-0.15, -0.1) is 11.6 Å². The number of pyridine rings is 1. The van der Waals surface area contributed by atoms with Crippen molar-refractivity contribution in [1.82, 2.24) is 19.6 Å². The molecule has 0 spiro atoms. The summed E-state index contributed by atoms with van der Waals surface area (Å²) in [5.74, 6) is 1.29. The molecule has 6 rings (SSSR count). The summed E-state index contributed by atoms with van der Waals surface area (Å²) in [5, 5.41) is 17.0. The van der Waals surface area contributed by atoms with Gasteiger partial charge >= 0.3 is 6.09 Å². The molecule has 1 aliphatic heterocycles. The number of carbonyl (C=O) groups excluding carboxylic acids is 3. The average Bonchev–Trinajstić information content (AvgIpc) is 3.90. The minimum Gasteiger partial charge on any atom is -0.468 e. The molecule has 61 heavy (non-hydrogen) atoms. The second-order valence-electron chi connectivity index (χ2n) is 12.9. The van der Waals surface area contributed by atoms with Crippen molar-refractivity contribution in [2.24, 2.45) is 0 Å². The molecule has 16 heteroatoms. The number of nitrogens with zero attached hydrogens (tertiary/aromatic N) is 4. The van der Waals surface area contributed by atoms with Crippen LogP contribution >= 0.6 is 11.6 Å². The lowest BCUT2D eigenvalue weighted by Gasteiger charge is -2.23. The number of aromatic nitrogens is 2. The van der Waals surface area contributed by atoms with Crippen molar-refractivity contribution in [3.8, 4) is 11.5 Å². The van der Waals surface area contributed by atoms with Crippen LogP contribution in [0.3, 0.4) is 0 Å². The van der Waals surface area contributed by atoms with Gasteiger partial charge in [-0.3, -0.25) is 9.59 Å². The maximum Gasteiger partial charge on any atom is 0.415 e. The van der Waals surface area contributed by atoms with Gasteiger partial charge in [0.05, 0.1) is 38.7 Å². The Kier molecular flexibility index (Phi) is 25.4. The second-order valence-corrected chi connectivity index (χ2v) is 12.9. The average molecular weight is 867 g/mol. The normalized spacial score (nSPS) is 11.0. The van der Waals surface area contributed by atoms with Crippen LogP contribution < -0.4 is 25.0 Å². The third-order valence-electron chi connectivity index (χ3n) is 8.96. The van der Waals surface area contributed by atoms with Gasteiger partial charge in [-0.1, -0.05) is 32.0 Å². The summed E-state index contributed by atoms with van der Waals surface area (Å²) in [5.41, 5.74) is 6.50. The summed E-state index contributed by atoms with van der Waals surface area (Å²) in [6.45, 7) is 10.4. The molecule has 0 saturated heterocycles. The number of fused-ring (bicyclic) bond motifs is 4. The number of likely N-dealkylation sites (N-methyl/N-ethyl adjacent to an activating group) is 2. The first-order valence-corrected chi connectivity index (χ1v) is 20.8. The Morgan fingerprint density at radius 2 is 1.67 bits per heavy atom. The van der Waals surface area contributed by atoms with E-state index in [4.69, 9.17) is 28.8 Å². The van der Waals surface area contributed by atoms with E-state index in [0.717, 1.165) is 47.9 Å². The summed E-state index contributed by atoms with van der Waals surface area (Å²) >= 11 is 4.64. The highest BCUT2D eigenvalue weighted by Gasteiger charge is 2.24. The van der Waals surface area contributed by atoms with Crippen molar-refractivity contribution >= 4 is 58.1 Å². The minimum atomic E-state index is -0.385. The number of halogens is 1. The highest BCUT2D eigenvalue weighted by atomic mass is 35.5. The number of carbonyl (C=O) groups is 3. The standard InChI is InChI=1S/C24H35N3O5.C9H9N3O.C9H10O3.C2H6.CH3Cl/c1-18-5-4-6-20-22(17-21-19(23(18)20)7-9-26(21)3)32-24(29)27(10-8-25-2)11-13-30-15-16-31-14-12-28;1-10-7-2-3-9-11-8(6-13)5-12(9)4-7;1-11-7-12-9-4-2-8(6-10)3-5-9;2*1-2/h4-6,17,25,28H,7-16H2,1-3H3;2-6,10H,1H3;2-6H,7H2,1H3;1-2H3;1H3. The van der Waals surface area contributed by atoms with Crippen LogP contribution in [0.1, 0.15) is 45.8 Å². The molecular weight excluding hydrogens is 804 g/mol. The first kappa shape index (κ1) is 51.8. The predicted octanol–water partition coefficient (Wildman–Crippen LogP) is 6.74. The van der Waals surface area contributed by atoms with E-state index in [1.165, 1.54) is 22.9 Å². The van der Waals surface area contributed by atoms with E-state index >= 15 is 0 Å². The number of hydrogen-bond donors (Lipinski definition) is 3. The van der Waals surface area contributed by atoms with Crippen LogP contribution in [0.4, 0.5) is 16.2 Å². The first-order valence-electron chi connectivity index (χ1n) is 20.1. The molecule has 0 saturated carbocycles. The zero-order valence-electron chi connectivity index (χ0n) is 36.7. The third-order valence-corrected chi connectivity index (χ3v) is 8.96. The van der Waals surface area contributed by atoms with Gasteiger partial charge < -0.3 is 53.6 Å². The fourth-order valence-electron chi connectivity index (χ4n) is 6.02. The third kappa shape index (κ3) is 16.6. The van der Waals surface area contributed by atoms with Crippen molar-refractivity contribution in [2.45, 2.75) is 27.2 Å². The molecule has 0 atom stereocenters.